The fraction of sp³-hybridized carbons (Fsp3) is 0.333. The lowest BCUT2D eigenvalue weighted by atomic mass is 9.99. The Bertz CT molecular complexity index is 534. The van der Waals surface area contributed by atoms with Gasteiger partial charge in [0.1, 0.15) is 17.4 Å². The summed E-state index contributed by atoms with van der Waals surface area (Å²) >= 11 is 1.51. The second-order valence-corrected chi connectivity index (χ2v) is 5.23. The Kier molecular flexibility index (Phi) is 5.09. The van der Waals surface area contributed by atoms with Crippen LogP contribution in [0.5, 0.6) is 5.75 Å². The standard InChI is InChI=1S/C15H17F2NOS/c1-3-5-18-15(10-4-6-20-9-10)14-12(16)7-11(19-2)8-13(14)17/h4,6-9,15,18H,3,5H2,1-2H3. The normalized spacial score (nSPS) is 12.4. The quantitative estimate of drug-likeness (QED) is 0.866. The van der Waals surface area contributed by atoms with Gasteiger partial charge in [0, 0.05) is 17.7 Å². The van der Waals surface area contributed by atoms with E-state index in [2.05, 4.69) is 5.32 Å². The molecule has 0 amide bonds. The van der Waals surface area contributed by atoms with Crippen LogP contribution in [-0.4, -0.2) is 13.7 Å². The molecule has 1 heterocycles. The number of ether oxygens (including phenoxy) is 1. The highest BCUT2D eigenvalue weighted by atomic mass is 32.1. The Balaban J connectivity index is 2.43. The highest BCUT2D eigenvalue weighted by Gasteiger charge is 2.23. The summed E-state index contributed by atoms with van der Waals surface area (Å²) in [6.45, 7) is 2.70. The predicted octanol–water partition coefficient (Wildman–Crippen LogP) is 4.12. The topological polar surface area (TPSA) is 21.3 Å². The minimum Gasteiger partial charge on any atom is -0.497 e. The average Bonchev–Trinajstić information content (AvgIpc) is 2.95. The molecule has 2 nitrogen and oxygen atoms in total. The number of methoxy groups -OCH3 is 1. The molecule has 0 aliphatic heterocycles. The molecule has 0 bridgehead atoms. The van der Waals surface area contributed by atoms with Gasteiger partial charge in [-0.05, 0) is 35.4 Å². The first-order chi connectivity index (χ1) is 9.67. The van der Waals surface area contributed by atoms with Crippen molar-refractivity contribution in [2.24, 2.45) is 0 Å². The van der Waals surface area contributed by atoms with E-state index in [0.717, 1.165) is 12.0 Å². The summed E-state index contributed by atoms with van der Waals surface area (Å²) in [5.74, 6) is -1.01. The molecule has 1 N–H and O–H groups in total. The van der Waals surface area contributed by atoms with Crippen LogP contribution in [-0.2, 0) is 0 Å². The van der Waals surface area contributed by atoms with E-state index in [-0.39, 0.29) is 11.3 Å². The van der Waals surface area contributed by atoms with Crippen molar-refractivity contribution >= 4 is 11.3 Å². The zero-order chi connectivity index (χ0) is 14.5. The summed E-state index contributed by atoms with van der Waals surface area (Å²) in [5.41, 5.74) is 0.907. The van der Waals surface area contributed by atoms with Crippen molar-refractivity contribution in [1.29, 1.82) is 0 Å². The molecule has 1 atom stereocenters. The maximum absolute atomic E-state index is 14.2. The Morgan fingerprint density at radius 3 is 2.50 bits per heavy atom. The first-order valence-corrected chi connectivity index (χ1v) is 7.40. The number of hydrogen-bond donors (Lipinski definition) is 1. The molecular formula is C15H17F2NOS. The number of nitrogens with one attached hydrogen (secondary N) is 1. The Morgan fingerprint density at radius 1 is 1.30 bits per heavy atom. The van der Waals surface area contributed by atoms with Gasteiger partial charge in [0.15, 0.2) is 0 Å². The highest BCUT2D eigenvalue weighted by Crippen LogP contribution is 2.31. The third kappa shape index (κ3) is 3.16. The summed E-state index contributed by atoms with van der Waals surface area (Å²) in [6, 6.07) is 3.82. The van der Waals surface area contributed by atoms with Crippen LogP contribution in [0, 0.1) is 11.6 Å². The monoisotopic (exact) mass is 297 g/mol. The van der Waals surface area contributed by atoms with Crippen molar-refractivity contribution in [3.05, 3.63) is 51.7 Å². The molecule has 0 aliphatic rings. The van der Waals surface area contributed by atoms with Crippen molar-refractivity contribution in [2.45, 2.75) is 19.4 Å². The lowest BCUT2D eigenvalue weighted by Gasteiger charge is -2.20. The van der Waals surface area contributed by atoms with Crippen molar-refractivity contribution in [1.82, 2.24) is 5.32 Å². The highest BCUT2D eigenvalue weighted by molar-refractivity contribution is 7.08. The van der Waals surface area contributed by atoms with Gasteiger partial charge in [-0.25, -0.2) is 8.78 Å². The van der Waals surface area contributed by atoms with Crippen LogP contribution >= 0.6 is 11.3 Å². The van der Waals surface area contributed by atoms with Gasteiger partial charge in [-0.3, -0.25) is 0 Å². The SMILES string of the molecule is CCCNC(c1ccsc1)c1c(F)cc(OC)cc1F. The Morgan fingerprint density at radius 2 is 2.00 bits per heavy atom. The number of benzene rings is 1. The summed E-state index contributed by atoms with van der Waals surface area (Å²) in [6.07, 6.45) is 0.889. The van der Waals surface area contributed by atoms with E-state index in [1.165, 1.54) is 30.6 Å². The van der Waals surface area contributed by atoms with Crippen molar-refractivity contribution in [2.75, 3.05) is 13.7 Å². The van der Waals surface area contributed by atoms with E-state index in [1.807, 2.05) is 23.8 Å². The molecule has 2 rings (SSSR count). The molecule has 0 saturated carbocycles. The fourth-order valence-electron chi connectivity index (χ4n) is 2.07. The maximum atomic E-state index is 14.2. The smallest absolute Gasteiger partial charge is 0.134 e. The van der Waals surface area contributed by atoms with Crippen molar-refractivity contribution in [3.8, 4) is 5.75 Å². The van der Waals surface area contributed by atoms with Crippen LogP contribution < -0.4 is 10.1 Å². The minimum atomic E-state index is -0.596. The first-order valence-electron chi connectivity index (χ1n) is 6.45. The van der Waals surface area contributed by atoms with Crippen molar-refractivity contribution < 1.29 is 13.5 Å². The van der Waals surface area contributed by atoms with Gasteiger partial charge >= 0.3 is 0 Å². The molecule has 1 aromatic heterocycles. The van der Waals surface area contributed by atoms with Crippen LogP contribution in [0.25, 0.3) is 0 Å². The van der Waals surface area contributed by atoms with Gasteiger partial charge in [0.2, 0.25) is 0 Å². The fourth-order valence-corrected chi connectivity index (χ4v) is 2.76. The van der Waals surface area contributed by atoms with Gasteiger partial charge < -0.3 is 10.1 Å². The van der Waals surface area contributed by atoms with E-state index in [4.69, 9.17) is 4.74 Å². The van der Waals surface area contributed by atoms with Crippen LogP contribution in [0.15, 0.2) is 29.0 Å². The molecule has 108 valence electrons. The van der Waals surface area contributed by atoms with Crippen LogP contribution in [0.3, 0.4) is 0 Å². The lowest BCUT2D eigenvalue weighted by molar-refractivity contribution is 0.403. The third-order valence-electron chi connectivity index (χ3n) is 3.05. The second-order valence-electron chi connectivity index (χ2n) is 4.45. The average molecular weight is 297 g/mol. The molecular weight excluding hydrogens is 280 g/mol. The van der Waals surface area contributed by atoms with Gasteiger partial charge in [-0.15, -0.1) is 0 Å². The maximum Gasteiger partial charge on any atom is 0.134 e. The first kappa shape index (κ1) is 14.9. The summed E-state index contributed by atoms with van der Waals surface area (Å²) in [4.78, 5) is 0. The molecule has 2 aromatic rings. The lowest BCUT2D eigenvalue weighted by Crippen LogP contribution is -2.24. The minimum absolute atomic E-state index is 0.0395. The molecule has 20 heavy (non-hydrogen) atoms. The number of hydrogen-bond acceptors (Lipinski definition) is 3. The molecule has 1 unspecified atom stereocenters. The van der Waals surface area contributed by atoms with E-state index < -0.39 is 17.7 Å². The van der Waals surface area contributed by atoms with Gasteiger partial charge in [-0.1, -0.05) is 6.92 Å². The number of thiophene rings is 1. The molecule has 0 aliphatic carbocycles. The van der Waals surface area contributed by atoms with E-state index in [9.17, 15) is 8.78 Å². The predicted molar refractivity (Wildman–Crippen MR) is 77.4 cm³/mol. The van der Waals surface area contributed by atoms with Crippen LogP contribution in [0.1, 0.15) is 30.5 Å². The van der Waals surface area contributed by atoms with E-state index >= 15 is 0 Å². The van der Waals surface area contributed by atoms with Gasteiger partial charge in [0.25, 0.3) is 0 Å². The number of halogens is 2. The summed E-state index contributed by atoms with van der Waals surface area (Å²) in [5, 5.41) is 6.99. The molecule has 0 radical (unpaired) electrons. The summed E-state index contributed by atoms with van der Waals surface area (Å²) < 4.78 is 33.3. The van der Waals surface area contributed by atoms with E-state index in [0.29, 0.717) is 6.54 Å². The molecule has 5 heteroatoms. The van der Waals surface area contributed by atoms with E-state index in [1.54, 1.807) is 0 Å². The van der Waals surface area contributed by atoms with Crippen LogP contribution in [0.4, 0.5) is 8.78 Å². The van der Waals surface area contributed by atoms with Gasteiger partial charge in [0.05, 0.1) is 13.2 Å². The number of rotatable bonds is 6. The molecule has 0 saturated heterocycles. The van der Waals surface area contributed by atoms with Crippen LogP contribution in [0.2, 0.25) is 0 Å². The zero-order valence-electron chi connectivity index (χ0n) is 11.5. The Labute approximate surface area is 121 Å². The molecule has 0 fully saturated rings. The molecule has 0 spiro atoms. The third-order valence-corrected chi connectivity index (χ3v) is 3.75. The van der Waals surface area contributed by atoms with Crippen molar-refractivity contribution in [3.63, 3.8) is 0 Å². The zero-order valence-corrected chi connectivity index (χ0v) is 12.3. The second kappa shape index (κ2) is 6.81. The largest absolute Gasteiger partial charge is 0.497 e. The van der Waals surface area contributed by atoms with Gasteiger partial charge in [-0.2, -0.15) is 11.3 Å². The Hall–Kier alpha value is -1.46. The molecule has 1 aromatic carbocycles. The summed E-state index contributed by atoms with van der Waals surface area (Å²) in [7, 11) is 1.39.